The molecule has 0 radical (unpaired) electrons. The third-order valence-electron chi connectivity index (χ3n) is 3.45. The highest BCUT2D eigenvalue weighted by Crippen LogP contribution is 2.44. The van der Waals surface area contributed by atoms with Gasteiger partial charge in [-0.05, 0) is 6.42 Å². The van der Waals surface area contributed by atoms with Gasteiger partial charge in [0, 0.05) is 17.8 Å². The molecule has 2 fully saturated rings. The lowest BCUT2D eigenvalue weighted by molar-refractivity contribution is -0.313. The third kappa shape index (κ3) is 1.95. The summed E-state index contributed by atoms with van der Waals surface area (Å²) in [5, 5.41) is 0. The van der Waals surface area contributed by atoms with E-state index >= 15 is 0 Å². The van der Waals surface area contributed by atoms with E-state index in [1.807, 2.05) is 0 Å². The summed E-state index contributed by atoms with van der Waals surface area (Å²) in [4.78, 5) is 11.5. The molecule has 1 atom stereocenters. The van der Waals surface area contributed by atoms with Crippen LogP contribution >= 0.6 is 0 Å². The van der Waals surface area contributed by atoms with Crippen molar-refractivity contribution in [3.63, 3.8) is 0 Å². The van der Waals surface area contributed by atoms with Crippen LogP contribution in [-0.4, -0.2) is 24.8 Å². The average molecular weight is 212 g/mol. The van der Waals surface area contributed by atoms with E-state index in [1.165, 1.54) is 0 Å². The Hall–Kier alpha value is -0.410. The standard InChI is InChI=1S/C12H20O3/c1-4-9-5-10(13)6-12(9)14-7-11(2,3)8-15-12/h9H,4-8H2,1-3H3/t9-/m1/s1. The molecule has 1 heterocycles. The normalized spacial score (nSPS) is 33.5. The van der Waals surface area contributed by atoms with Crippen molar-refractivity contribution in [2.24, 2.45) is 11.3 Å². The van der Waals surface area contributed by atoms with Crippen molar-refractivity contribution in [3.05, 3.63) is 0 Å². The van der Waals surface area contributed by atoms with Gasteiger partial charge in [0.05, 0.1) is 19.6 Å². The lowest BCUT2D eigenvalue weighted by Gasteiger charge is -2.44. The summed E-state index contributed by atoms with van der Waals surface area (Å²) in [5.74, 6) is -0.0518. The first-order valence-corrected chi connectivity index (χ1v) is 5.77. The first-order valence-electron chi connectivity index (χ1n) is 5.77. The number of carbonyl (C=O) groups is 1. The minimum absolute atomic E-state index is 0.0786. The van der Waals surface area contributed by atoms with Gasteiger partial charge in [-0.25, -0.2) is 0 Å². The van der Waals surface area contributed by atoms with Crippen molar-refractivity contribution < 1.29 is 14.3 Å². The van der Waals surface area contributed by atoms with Gasteiger partial charge in [0.1, 0.15) is 5.78 Å². The first kappa shape index (κ1) is 11.1. The summed E-state index contributed by atoms with van der Waals surface area (Å²) >= 11 is 0. The van der Waals surface area contributed by atoms with E-state index in [1.54, 1.807) is 0 Å². The van der Waals surface area contributed by atoms with Crippen molar-refractivity contribution in [2.45, 2.75) is 45.8 Å². The molecule has 1 aliphatic carbocycles. The fourth-order valence-corrected chi connectivity index (χ4v) is 2.43. The number of Topliss-reactive ketones (excluding diaryl/α,β-unsaturated/α-hetero) is 1. The Balaban J connectivity index is 2.11. The Labute approximate surface area is 91.1 Å². The van der Waals surface area contributed by atoms with Crippen molar-refractivity contribution in [1.29, 1.82) is 0 Å². The number of hydrogen-bond acceptors (Lipinski definition) is 3. The maximum Gasteiger partial charge on any atom is 0.178 e. The molecule has 2 aliphatic rings. The Bertz CT molecular complexity index is 260. The van der Waals surface area contributed by atoms with E-state index in [0.29, 0.717) is 26.1 Å². The van der Waals surface area contributed by atoms with E-state index in [9.17, 15) is 4.79 Å². The summed E-state index contributed by atoms with van der Waals surface area (Å²) in [6, 6.07) is 0. The van der Waals surface area contributed by atoms with Crippen LogP contribution in [0.15, 0.2) is 0 Å². The van der Waals surface area contributed by atoms with E-state index < -0.39 is 5.79 Å². The van der Waals surface area contributed by atoms with Crippen LogP contribution in [0.4, 0.5) is 0 Å². The van der Waals surface area contributed by atoms with Gasteiger partial charge in [0.25, 0.3) is 0 Å². The predicted molar refractivity (Wildman–Crippen MR) is 56.4 cm³/mol. The van der Waals surface area contributed by atoms with E-state index in [-0.39, 0.29) is 17.1 Å². The molecule has 0 bridgehead atoms. The molecule has 1 aliphatic heterocycles. The zero-order valence-corrected chi connectivity index (χ0v) is 9.84. The van der Waals surface area contributed by atoms with Crippen LogP contribution in [0.25, 0.3) is 0 Å². The Kier molecular flexibility index (Phi) is 2.63. The Morgan fingerprint density at radius 2 is 1.93 bits per heavy atom. The van der Waals surface area contributed by atoms with E-state index in [2.05, 4.69) is 20.8 Å². The number of ether oxygens (including phenoxy) is 2. The SMILES string of the molecule is CC[C@@H]1CC(=O)CC12OCC(C)(C)CO2. The monoisotopic (exact) mass is 212 g/mol. The van der Waals surface area contributed by atoms with Crippen LogP contribution in [0.3, 0.4) is 0 Å². The van der Waals surface area contributed by atoms with Gasteiger partial charge in [0.15, 0.2) is 5.79 Å². The molecular formula is C12H20O3. The van der Waals surface area contributed by atoms with Crippen LogP contribution in [-0.2, 0) is 14.3 Å². The highest BCUT2D eigenvalue weighted by atomic mass is 16.7. The molecule has 0 aromatic carbocycles. The molecule has 3 heteroatoms. The lowest BCUT2D eigenvalue weighted by Crippen LogP contribution is -2.49. The highest BCUT2D eigenvalue weighted by molar-refractivity contribution is 5.82. The van der Waals surface area contributed by atoms with Crippen LogP contribution in [0.5, 0.6) is 0 Å². The predicted octanol–water partition coefficient (Wildman–Crippen LogP) is 2.14. The molecule has 3 nitrogen and oxygen atoms in total. The summed E-state index contributed by atoms with van der Waals surface area (Å²) in [6.45, 7) is 7.72. The number of hydrogen-bond donors (Lipinski definition) is 0. The summed E-state index contributed by atoms with van der Waals surface area (Å²) in [5.41, 5.74) is 0.0786. The zero-order valence-electron chi connectivity index (χ0n) is 9.84. The maximum absolute atomic E-state index is 11.5. The van der Waals surface area contributed by atoms with Crippen molar-refractivity contribution >= 4 is 5.78 Å². The molecular weight excluding hydrogens is 192 g/mol. The second-order valence-corrected chi connectivity index (χ2v) is 5.58. The summed E-state index contributed by atoms with van der Waals surface area (Å²) < 4.78 is 11.7. The van der Waals surface area contributed by atoms with Crippen LogP contribution in [0, 0.1) is 11.3 Å². The quantitative estimate of drug-likeness (QED) is 0.668. The second kappa shape index (κ2) is 3.56. The Morgan fingerprint density at radius 3 is 2.47 bits per heavy atom. The molecule has 1 saturated heterocycles. The van der Waals surface area contributed by atoms with Crippen LogP contribution < -0.4 is 0 Å². The number of rotatable bonds is 1. The van der Waals surface area contributed by atoms with Gasteiger partial charge in [-0.15, -0.1) is 0 Å². The Morgan fingerprint density at radius 1 is 1.33 bits per heavy atom. The average Bonchev–Trinajstić information content (AvgIpc) is 2.49. The molecule has 2 rings (SSSR count). The number of carbonyl (C=O) groups excluding carboxylic acids is 1. The van der Waals surface area contributed by atoms with E-state index in [0.717, 1.165) is 6.42 Å². The summed E-state index contributed by atoms with van der Waals surface area (Å²) in [6.07, 6.45) is 2.02. The van der Waals surface area contributed by atoms with Crippen LogP contribution in [0.2, 0.25) is 0 Å². The molecule has 1 saturated carbocycles. The fourth-order valence-electron chi connectivity index (χ4n) is 2.43. The van der Waals surface area contributed by atoms with Gasteiger partial charge in [0.2, 0.25) is 0 Å². The molecule has 0 amide bonds. The molecule has 0 N–H and O–H groups in total. The molecule has 0 aromatic rings. The minimum Gasteiger partial charge on any atom is -0.348 e. The number of ketones is 1. The molecule has 86 valence electrons. The van der Waals surface area contributed by atoms with Gasteiger partial charge in [-0.3, -0.25) is 4.79 Å². The minimum atomic E-state index is -0.582. The van der Waals surface area contributed by atoms with E-state index in [4.69, 9.17) is 9.47 Å². The van der Waals surface area contributed by atoms with Gasteiger partial charge in [-0.1, -0.05) is 20.8 Å². The zero-order chi connectivity index (χ0) is 11.1. The molecule has 15 heavy (non-hydrogen) atoms. The third-order valence-corrected chi connectivity index (χ3v) is 3.45. The van der Waals surface area contributed by atoms with Gasteiger partial charge in [-0.2, -0.15) is 0 Å². The van der Waals surface area contributed by atoms with Gasteiger partial charge >= 0.3 is 0 Å². The topological polar surface area (TPSA) is 35.5 Å². The first-order chi connectivity index (χ1) is 6.97. The van der Waals surface area contributed by atoms with Crippen molar-refractivity contribution in [3.8, 4) is 0 Å². The van der Waals surface area contributed by atoms with Crippen LogP contribution in [0.1, 0.15) is 40.0 Å². The summed E-state index contributed by atoms with van der Waals surface area (Å²) in [7, 11) is 0. The van der Waals surface area contributed by atoms with Crippen molar-refractivity contribution in [2.75, 3.05) is 13.2 Å². The molecule has 0 aromatic heterocycles. The molecule has 1 spiro atoms. The smallest absolute Gasteiger partial charge is 0.178 e. The second-order valence-electron chi connectivity index (χ2n) is 5.58. The van der Waals surface area contributed by atoms with Crippen molar-refractivity contribution in [1.82, 2.24) is 0 Å². The molecule has 0 unspecified atom stereocenters. The van der Waals surface area contributed by atoms with Gasteiger partial charge < -0.3 is 9.47 Å². The lowest BCUT2D eigenvalue weighted by atomic mass is 9.92. The highest BCUT2D eigenvalue weighted by Gasteiger charge is 2.51. The maximum atomic E-state index is 11.5. The largest absolute Gasteiger partial charge is 0.348 e. The fraction of sp³-hybridized carbons (Fsp3) is 0.917.